The van der Waals surface area contributed by atoms with E-state index in [2.05, 4.69) is 0 Å². The van der Waals surface area contributed by atoms with E-state index in [1.165, 1.54) is 44.4 Å². The third-order valence-electron chi connectivity index (χ3n) is 3.85. The van der Waals surface area contributed by atoms with Crippen molar-refractivity contribution in [2.24, 2.45) is 0 Å². The third-order valence-corrected chi connectivity index (χ3v) is 3.85. The lowest BCUT2D eigenvalue weighted by Crippen LogP contribution is -2.55. The van der Waals surface area contributed by atoms with E-state index < -0.39 is 28.8 Å². The van der Waals surface area contributed by atoms with Gasteiger partial charge in [0, 0.05) is 0 Å². The number of aliphatic hydroxyl groups is 1. The van der Waals surface area contributed by atoms with Gasteiger partial charge >= 0.3 is 12.1 Å². The van der Waals surface area contributed by atoms with Gasteiger partial charge in [-0.2, -0.15) is 22.0 Å². The molecule has 0 saturated heterocycles. The maximum absolute atomic E-state index is 14.3. The molecule has 2 nitrogen and oxygen atoms in total. The lowest BCUT2D eigenvalue weighted by molar-refractivity contribution is -0.336. The molecule has 2 rings (SSSR count). The molecule has 2 aromatic carbocycles. The first-order valence-corrected chi connectivity index (χ1v) is 6.93. The van der Waals surface area contributed by atoms with Crippen LogP contribution in [0.15, 0.2) is 48.5 Å². The molecule has 1 unspecified atom stereocenters. The summed E-state index contributed by atoms with van der Waals surface area (Å²) >= 11 is 0. The Morgan fingerprint density at radius 2 is 1.42 bits per heavy atom. The molecule has 1 N–H and O–H groups in total. The Kier molecular flexibility index (Phi) is 4.59. The summed E-state index contributed by atoms with van der Waals surface area (Å²) in [5.41, 5.74) is -4.56. The molecule has 0 fully saturated rings. The third kappa shape index (κ3) is 2.73. The molecule has 0 radical (unpaired) electrons. The van der Waals surface area contributed by atoms with Gasteiger partial charge in [-0.25, -0.2) is 0 Å². The molecule has 24 heavy (non-hydrogen) atoms. The molecular formula is C17H15F5O2. The summed E-state index contributed by atoms with van der Waals surface area (Å²) in [6.45, 7) is 1.36. The number of aryl methyl sites for hydroxylation is 1. The normalized spacial score (nSPS) is 15.0. The number of hydrogen-bond acceptors (Lipinski definition) is 2. The van der Waals surface area contributed by atoms with Crippen molar-refractivity contribution in [3.63, 3.8) is 0 Å². The fourth-order valence-corrected chi connectivity index (χ4v) is 2.52. The van der Waals surface area contributed by atoms with E-state index in [0.717, 1.165) is 18.2 Å². The Bertz CT molecular complexity index is 710. The summed E-state index contributed by atoms with van der Waals surface area (Å²) < 4.78 is 72.6. The van der Waals surface area contributed by atoms with Crippen LogP contribution in [0.3, 0.4) is 0 Å². The Morgan fingerprint density at radius 3 is 1.88 bits per heavy atom. The lowest BCUT2D eigenvalue weighted by Gasteiger charge is -2.38. The molecule has 1 atom stereocenters. The number of methoxy groups -OCH3 is 1. The van der Waals surface area contributed by atoms with E-state index in [1.54, 1.807) is 0 Å². The lowest BCUT2D eigenvalue weighted by atomic mass is 9.78. The van der Waals surface area contributed by atoms with Gasteiger partial charge in [0.1, 0.15) is 5.75 Å². The van der Waals surface area contributed by atoms with Crippen LogP contribution in [0.2, 0.25) is 0 Å². The highest BCUT2D eigenvalue weighted by Crippen LogP contribution is 2.52. The number of hydrogen-bond donors (Lipinski definition) is 1. The van der Waals surface area contributed by atoms with E-state index >= 15 is 0 Å². The van der Waals surface area contributed by atoms with E-state index in [4.69, 9.17) is 4.74 Å². The minimum Gasteiger partial charge on any atom is -0.497 e. The average molecular weight is 346 g/mol. The first kappa shape index (κ1) is 18.2. The highest BCUT2D eigenvalue weighted by molar-refractivity contribution is 5.45. The van der Waals surface area contributed by atoms with Crippen LogP contribution < -0.4 is 4.74 Å². The molecule has 0 amide bonds. The van der Waals surface area contributed by atoms with Crippen LogP contribution in [0.25, 0.3) is 0 Å². The fraction of sp³-hybridized carbons (Fsp3) is 0.294. The monoisotopic (exact) mass is 346 g/mol. The second kappa shape index (κ2) is 6.05. The molecule has 0 aliphatic heterocycles. The second-order valence-electron chi connectivity index (χ2n) is 5.33. The molecule has 130 valence electrons. The van der Waals surface area contributed by atoms with Gasteiger partial charge in [0.05, 0.1) is 7.11 Å². The SMILES string of the molecule is COc1ccc(C(O)(c2ccccc2C)C(F)(F)C(F)(F)F)cc1. The molecule has 0 saturated carbocycles. The molecule has 0 spiro atoms. The van der Waals surface area contributed by atoms with Crippen molar-refractivity contribution in [1.29, 1.82) is 0 Å². The van der Waals surface area contributed by atoms with Gasteiger partial charge in [-0.05, 0) is 35.7 Å². The predicted molar refractivity (Wildman–Crippen MR) is 78.2 cm³/mol. The van der Waals surface area contributed by atoms with Gasteiger partial charge < -0.3 is 9.84 Å². The summed E-state index contributed by atoms with van der Waals surface area (Å²) in [6, 6.07) is 9.60. The highest BCUT2D eigenvalue weighted by Gasteiger charge is 2.71. The molecule has 0 bridgehead atoms. The van der Waals surface area contributed by atoms with Gasteiger partial charge in [-0.15, -0.1) is 0 Å². The Balaban J connectivity index is 2.77. The van der Waals surface area contributed by atoms with Crippen molar-refractivity contribution in [1.82, 2.24) is 0 Å². The Labute approximate surface area is 135 Å². The first-order chi connectivity index (χ1) is 11.1. The average Bonchev–Trinajstić information content (AvgIpc) is 2.53. The zero-order valence-corrected chi connectivity index (χ0v) is 12.9. The Morgan fingerprint density at radius 1 is 0.875 bits per heavy atom. The van der Waals surface area contributed by atoms with Gasteiger partial charge in [-0.1, -0.05) is 36.4 Å². The molecule has 0 aromatic heterocycles. The van der Waals surface area contributed by atoms with Crippen LogP contribution in [0, 0.1) is 6.92 Å². The second-order valence-corrected chi connectivity index (χ2v) is 5.33. The van der Waals surface area contributed by atoms with Crippen molar-refractivity contribution in [3.05, 3.63) is 65.2 Å². The minimum atomic E-state index is -5.94. The van der Waals surface area contributed by atoms with Crippen LogP contribution in [-0.2, 0) is 5.60 Å². The predicted octanol–water partition coefficient (Wildman–Crippen LogP) is 4.44. The summed E-state index contributed by atoms with van der Waals surface area (Å²) in [5, 5.41) is 10.7. The molecule has 7 heteroatoms. The van der Waals surface area contributed by atoms with Crippen LogP contribution in [-0.4, -0.2) is 24.3 Å². The zero-order chi connectivity index (χ0) is 18.2. The number of rotatable bonds is 4. The standard InChI is InChI=1S/C17H15F5O2/c1-11-5-3-4-6-14(11)15(23,16(18,19)17(20,21)22)12-7-9-13(24-2)10-8-12/h3-10,23H,1-2H3. The van der Waals surface area contributed by atoms with Crippen LogP contribution in [0.1, 0.15) is 16.7 Å². The number of alkyl halides is 5. The molecule has 0 aliphatic rings. The summed E-state index contributed by atoms with van der Waals surface area (Å²) in [4.78, 5) is 0. The van der Waals surface area contributed by atoms with E-state index in [9.17, 15) is 27.1 Å². The highest BCUT2D eigenvalue weighted by atomic mass is 19.4. The van der Waals surface area contributed by atoms with Crippen LogP contribution in [0.5, 0.6) is 5.75 Å². The smallest absolute Gasteiger partial charge is 0.457 e. The van der Waals surface area contributed by atoms with Gasteiger partial charge in [0.25, 0.3) is 0 Å². The van der Waals surface area contributed by atoms with Crippen molar-refractivity contribution in [3.8, 4) is 5.75 Å². The largest absolute Gasteiger partial charge is 0.497 e. The van der Waals surface area contributed by atoms with Crippen LogP contribution in [0.4, 0.5) is 22.0 Å². The minimum absolute atomic E-state index is 0.111. The number of benzene rings is 2. The summed E-state index contributed by atoms with van der Waals surface area (Å²) in [6.07, 6.45) is -5.94. The van der Waals surface area contributed by atoms with Crippen molar-refractivity contribution >= 4 is 0 Å². The van der Waals surface area contributed by atoms with Gasteiger partial charge in [0.2, 0.25) is 0 Å². The summed E-state index contributed by atoms with van der Waals surface area (Å²) in [7, 11) is 1.33. The maximum atomic E-state index is 14.3. The molecule has 2 aromatic rings. The zero-order valence-electron chi connectivity index (χ0n) is 12.9. The van der Waals surface area contributed by atoms with Crippen molar-refractivity contribution < 1.29 is 31.8 Å². The molecule has 0 aliphatic carbocycles. The Hall–Kier alpha value is -2.15. The molecular weight excluding hydrogens is 331 g/mol. The van der Waals surface area contributed by atoms with Crippen LogP contribution >= 0.6 is 0 Å². The van der Waals surface area contributed by atoms with E-state index in [0.29, 0.717) is 0 Å². The quantitative estimate of drug-likeness (QED) is 0.830. The summed E-state index contributed by atoms with van der Waals surface area (Å²) in [5.74, 6) is -5.14. The topological polar surface area (TPSA) is 29.5 Å². The number of ether oxygens (including phenoxy) is 1. The van der Waals surface area contributed by atoms with E-state index in [1.807, 2.05) is 0 Å². The number of halogens is 5. The fourth-order valence-electron chi connectivity index (χ4n) is 2.52. The van der Waals surface area contributed by atoms with E-state index in [-0.39, 0.29) is 11.3 Å². The first-order valence-electron chi connectivity index (χ1n) is 6.93. The van der Waals surface area contributed by atoms with Gasteiger partial charge in [-0.3, -0.25) is 0 Å². The van der Waals surface area contributed by atoms with Crippen molar-refractivity contribution in [2.45, 2.75) is 24.6 Å². The maximum Gasteiger partial charge on any atom is 0.457 e. The molecule has 0 heterocycles. The van der Waals surface area contributed by atoms with Gasteiger partial charge in [0.15, 0.2) is 5.60 Å². The van der Waals surface area contributed by atoms with Crippen molar-refractivity contribution in [2.75, 3.05) is 7.11 Å².